The summed E-state index contributed by atoms with van der Waals surface area (Å²) in [6, 6.07) is 6.59. The quantitative estimate of drug-likeness (QED) is 0.698. The molecule has 2 N–H and O–H groups in total. The molecule has 0 radical (unpaired) electrons. The maximum atomic E-state index is 13.1. The number of hydrogen-bond acceptors (Lipinski definition) is 7. The van der Waals surface area contributed by atoms with Gasteiger partial charge in [-0.05, 0) is 43.4 Å². The van der Waals surface area contributed by atoms with Gasteiger partial charge in [0.25, 0.3) is 5.91 Å². The summed E-state index contributed by atoms with van der Waals surface area (Å²) in [6.45, 7) is 2.02. The van der Waals surface area contributed by atoms with Crippen LogP contribution in [0, 0.1) is 11.7 Å². The molecule has 3 atom stereocenters. The molecule has 1 aromatic carbocycles. The van der Waals surface area contributed by atoms with Crippen molar-refractivity contribution in [1.29, 1.82) is 0 Å². The van der Waals surface area contributed by atoms with Crippen molar-refractivity contribution < 1.29 is 33.3 Å². The number of nitrogens with one attached hydrogen (secondary N) is 1. The number of methoxy groups -OCH3 is 1. The molecule has 3 rings (SSSR count). The molecule has 2 heterocycles. The van der Waals surface area contributed by atoms with Gasteiger partial charge in [0.2, 0.25) is 0 Å². The van der Waals surface area contributed by atoms with Crippen molar-refractivity contribution in [1.82, 2.24) is 10.3 Å². The van der Waals surface area contributed by atoms with E-state index in [1.807, 2.05) is 0 Å². The van der Waals surface area contributed by atoms with Crippen molar-refractivity contribution >= 4 is 11.9 Å². The van der Waals surface area contributed by atoms with Crippen LogP contribution in [-0.2, 0) is 20.7 Å². The first-order valence-corrected chi connectivity index (χ1v) is 9.93. The van der Waals surface area contributed by atoms with Crippen LogP contribution in [0.4, 0.5) is 4.39 Å². The molecule has 9 heteroatoms. The largest absolute Gasteiger partial charge is 0.503 e. The molecular formula is C22H25FN2O6. The van der Waals surface area contributed by atoms with Crippen LogP contribution < -0.4 is 10.1 Å². The van der Waals surface area contributed by atoms with Crippen LogP contribution in [0.15, 0.2) is 36.5 Å². The summed E-state index contributed by atoms with van der Waals surface area (Å²) < 4.78 is 29.3. The van der Waals surface area contributed by atoms with Gasteiger partial charge in [0.1, 0.15) is 5.82 Å². The maximum absolute atomic E-state index is 13.1. The van der Waals surface area contributed by atoms with E-state index in [4.69, 9.17) is 14.2 Å². The number of benzene rings is 1. The van der Waals surface area contributed by atoms with Gasteiger partial charge in [-0.3, -0.25) is 4.79 Å². The van der Waals surface area contributed by atoms with Crippen molar-refractivity contribution in [2.75, 3.05) is 20.3 Å². The number of esters is 1. The second-order valence-corrected chi connectivity index (χ2v) is 7.45. The van der Waals surface area contributed by atoms with Gasteiger partial charge in [-0.25, -0.2) is 14.2 Å². The van der Waals surface area contributed by atoms with E-state index in [0.29, 0.717) is 19.4 Å². The molecule has 1 aliphatic rings. The monoisotopic (exact) mass is 432 g/mol. The highest BCUT2D eigenvalue weighted by Crippen LogP contribution is 2.27. The molecule has 1 amide bonds. The number of rotatable bonds is 5. The molecule has 31 heavy (non-hydrogen) atoms. The molecule has 0 saturated carbocycles. The van der Waals surface area contributed by atoms with Gasteiger partial charge in [0.05, 0.1) is 19.8 Å². The second-order valence-electron chi connectivity index (χ2n) is 7.45. The summed E-state index contributed by atoms with van der Waals surface area (Å²) in [5.74, 6) is -1.97. The van der Waals surface area contributed by atoms with E-state index in [-0.39, 0.29) is 29.8 Å². The Kier molecular flexibility index (Phi) is 7.41. The molecule has 0 spiro atoms. The number of nitrogens with zero attached hydrogens (tertiary/aromatic N) is 1. The lowest BCUT2D eigenvalue weighted by Crippen LogP contribution is -2.45. The first-order valence-electron chi connectivity index (χ1n) is 9.93. The Labute approximate surface area is 179 Å². The molecule has 1 aromatic heterocycles. The number of aromatic hydroxyl groups is 1. The van der Waals surface area contributed by atoms with Crippen LogP contribution in [0.25, 0.3) is 0 Å². The molecule has 1 fully saturated rings. The third-order valence-corrected chi connectivity index (χ3v) is 4.97. The number of hydrogen-bond donors (Lipinski definition) is 2. The Hall–Kier alpha value is -3.20. The van der Waals surface area contributed by atoms with Crippen LogP contribution in [0.3, 0.4) is 0 Å². The average Bonchev–Trinajstić information content (AvgIpc) is 2.79. The summed E-state index contributed by atoms with van der Waals surface area (Å²) in [7, 11) is 1.35. The predicted octanol–water partition coefficient (Wildman–Crippen LogP) is 2.24. The first-order chi connectivity index (χ1) is 14.9. The Balaban J connectivity index is 1.66. The van der Waals surface area contributed by atoms with E-state index in [0.717, 1.165) is 5.56 Å². The van der Waals surface area contributed by atoms with Crippen LogP contribution in [0.2, 0.25) is 0 Å². The van der Waals surface area contributed by atoms with Crippen molar-refractivity contribution in [3.63, 3.8) is 0 Å². The number of carbonyl (C=O) groups is 2. The maximum Gasteiger partial charge on any atom is 0.331 e. The van der Waals surface area contributed by atoms with Crippen molar-refractivity contribution in [3.05, 3.63) is 53.6 Å². The van der Waals surface area contributed by atoms with Crippen molar-refractivity contribution in [2.24, 2.45) is 5.92 Å². The smallest absolute Gasteiger partial charge is 0.331 e. The summed E-state index contributed by atoms with van der Waals surface area (Å²) in [5, 5.41) is 12.6. The minimum Gasteiger partial charge on any atom is -0.503 e. The second kappa shape index (κ2) is 10.2. The lowest BCUT2D eigenvalue weighted by Gasteiger charge is -2.20. The standard InChI is InChI=1S/C22H25FN2O6/c1-13-9-15(10-14-3-5-16(23)6-4-14)11-30-12-17(22(28)31-13)25-21(27)19-20(26)18(29-2)7-8-24-19/h3-8,13,15,17,26H,9-12H2,1-2H3,(H,25,27)/t13?,15?,17-/m0/s1. The number of halogens is 1. The molecule has 0 aliphatic carbocycles. The zero-order valence-electron chi connectivity index (χ0n) is 17.3. The van der Waals surface area contributed by atoms with Gasteiger partial charge in [-0.15, -0.1) is 0 Å². The van der Waals surface area contributed by atoms with Gasteiger partial charge in [-0.2, -0.15) is 0 Å². The Morgan fingerprint density at radius 2 is 2.03 bits per heavy atom. The van der Waals surface area contributed by atoms with E-state index in [2.05, 4.69) is 10.3 Å². The fraction of sp³-hybridized carbons (Fsp3) is 0.409. The van der Waals surface area contributed by atoms with E-state index in [1.165, 1.54) is 31.5 Å². The third kappa shape index (κ3) is 5.91. The van der Waals surface area contributed by atoms with Gasteiger partial charge >= 0.3 is 5.97 Å². The van der Waals surface area contributed by atoms with Crippen LogP contribution in [0.5, 0.6) is 11.5 Å². The van der Waals surface area contributed by atoms with Crippen LogP contribution >= 0.6 is 0 Å². The number of amides is 1. The minimum absolute atomic E-state index is 0.0480. The zero-order valence-corrected chi connectivity index (χ0v) is 17.3. The summed E-state index contributed by atoms with van der Waals surface area (Å²) in [5.41, 5.74) is 0.687. The van der Waals surface area contributed by atoms with Crippen LogP contribution in [-0.4, -0.2) is 54.4 Å². The topological polar surface area (TPSA) is 107 Å². The fourth-order valence-electron chi connectivity index (χ4n) is 3.48. The highest BCUT2D eigenvalue weighted by molar-refractivity contribution is 5.98. The Bertz CT molecular complexity index is 921. The van der Waals surface area contributed by atoms with Gasteiger partial charge < -0.3 is 24.6 Å². The van der Waals surface area contributed by atoms with Crippen LogP contribution in [0.1, 0.15) is 29.4 Å². The fourth-order valence-corrected chi connectivity index (χ4v) is 3.48. The lowest BCUT2D eigenvalue weighted by atomic mass is 9.95. The van der Waals surface area contributed by atoms with E-state index in [9.17, 15) is 19.1 Å². The molecule has 2 aromatic rings. The van der Waals surface area contributed by atoms with Gasteiger partial charge in [0.15, 0.2) is 23.2 Å². The number of pyridine rings is 1. The molecule has 8 nitrogen and oxygen atoms in total. The third-order valence-electron chi connectivity index (χ3n) is 4.97. The summed E-state index contributed by atoms with van der Waals surface area (Å²) in [6.07, 6.45) is 2.11. The predicted molar refractivity (Wildman–Crippen MR) is 108 cm³/mol. The number of carbonyl (C=O) groups excluding carboxylic acids is 2. The van der Waals surface area contributed by atoms with Crippen molar-refractivity contribution in [3.8, 4) is 11.5 Å². The lowest BCUT2D eigenvalue weighted by molar-refractivity contribution is -0.151. The summed E-state index contributed by atoms with van der Waals surface area (Å²) in [4.78, 5) is 29.0. The number of cyclic esters (lactones) is 1. The van der Waals surface area contributed by atoms with E-state index >= 15 is 0 Å². The highest BCUT2D eigenvalue weighted by atomic mass is 19.1. The molecule has 1 saturated heterocycles. The minimum atomic E-state index is -1.06. The number of aromatic nitrogens is 1. The Morgan fingerprint density at radius 1 is 1.29 bits per heavy atom. The number of ether oxygens (including phenoxy) is 3. The van der Waals surface area contributed by atoms with Crippen molar-refractivity contribution in [2.45, 2.75) is 31.9 Å². The molecule has 1 aliphatic heterocycles. The Morgan fingerprint density at radius 3 is 2.74 bits per heavy atom. The van der Waals surface area contributed by atoms with E-state index in [1.54, 1.807) is 19.1 Å². The zero-order chi connectivity index (χ0) is 22.4. The molecule has 166 valence electrons. The van der Waals surface area contributed by atoms with Gasteiger partial charge in [0, 0.05) is 18.9 Å². The highest BCUT2D eigenvalue weighted by Gasteiger charge is 2.30. The normalized spacial score (nSPS) is 21.9. The molecular weight excluding hydrogens is 407 g/mol. The average molecular weight is 432 g/mol. The first kappa shape index (κ1) is 22.5. The van der Waals surface area contributed by atoms with Gasteiger partial charge in [-0.1, -0.05) is 12.1 Å². The molecule has 0 bridgehead atoms. The summed E-state index contributed by atoms with van der Waals surface area (Å²) >= 11 is 0. The van der Waals surface area contributed by atoms with E-state index < -0.39 is 29.8 Å². The molecule has 2 unspecified atom stereocenters. The SMILES string of the molecule is COc1ccnc(C(=O)N[C@H]2COCC(Cc3ccc(F)cc3)CC(C)OC2=O)c1O.